The molecule has 4 aromatic rings. The predicted molar refractivity (Wildman–Crippen MR) is 118 cm³/mol. The summed E-state index contributed by atoms with van der Waals surface area (Å²) < 4.78 is 12.0. The highest BCUT2D eigenvalue weighted by molar-refractivity contribution is 9.10. The maximum atomic E-state index is 12.9. The summed E-state index contributed by atoms with van der Waals surface area (Å²) in [7, 11) is 1.53. The number of aromatic nitrogens is 1. The van der Waals surface area contributed by atoms with E-state index in [0.717, 1.165) is 15.6 Å². The molecule has 7 heteroatoms. The number of carbonyl (C=O) groups excluding carboxylic acids is 1. The second-order valence-corrected chi connectivity index (χ2v) is 7.76. The first kappa shape index (κ1) is 19.5. The van der Waals surface area contributed by atoms with Crippen molar-refractivity contribution in [2.24, 2.45) is 0 Å². The minimum atomic E-state index is -0.271. The Hall–Kier alpha value is -2.83. The Balaban J connectivity index is 1.69. The van der Waals surface area contributed by atoms with Crippen LogP contribution in [0.1, 0.15) is 15.9 Å². The van der Waals surface area contributed by atoms with Gasteiger partial charge in [0.05, 0.1) is 12.7 Å². The van der Waals surface area contributed by atoms with Crippen LogP contribution in [0.2, 0.25) is 5.02 Å². The normalized spacial score (nSPS) is 10.9. The van der Waals surface area contributed by atoms with Crippen LogP contribution in [0.25, 0.3) is 22.6 Å². The third-order valence-electron chi connectivity index (χ3n) is 4.57. The summed E-state index contributed by atoms with van der Waals surface area (Å²) >= 11 is 9.43. The summed E-state index contributed by atoms with van der Waals surface area (Å²) in [5.41, 5.74) is 4.05. The molecule has 3 aromatic carbocycles. The molecular weight excluding hydrogens is 456 g/mol. The highest BCUT2D eigenvalue weighted by Gasteiger charge is 2.17. The van der Waals surface area contributed by atoms with Crippen molar-refractivity contribution in [3.8, 4) is 17.2 Å². The van der Waals surface area contributed by atoms with Crippen molar-refractivity contribution in [1.82, 2.24) is 4.98 Å². The van der Waals surface area contributed by atoms with Crippen LogP contribution in [0.5, 0.6) is 5.75 Å². The number of methoxy groups -OCH3 is 1. The first-order chi connectivity index (χ1) is 14.0. The number of hydrogen-bond donors (Lipinski definition) is 1. The van der Waals surface area contributed by atoms with Gasteiger partial charge in [0.2, 0.25) is 5.89 Å². The molecule has 0 unspecified atom stereocenters. The molecular formula is C22H16BrClN2O3. The van der Waals surface area contributed by atoms with Crippen molar-refractivity contribution < 1.29 is 13.9 Å². The van der Waals surface area contributed by atoms with E-state index in [9.17, 15) is 4.79 Å². The van der Waals surface area contributed by atoms with E-state index >= 15 is 0 Å². The zero-order valence-corrected chi connectivity index (χ0v) is 18.0. The molecule has 0 saturated carbocycles. The average molecular weight is 472 g/mol. The van der Waals surface area contributed by atoms with Gasteiger partial charge in [0, 0.05) is 20.7 Å². The zero-order chi connectivity index (χ0) is 20.5. The second-order valence-electron chi connectivity index (χ2n) is 6.41. The van der Waals surface area contributed by atoms with E-state index in [1.165, 1.54) is 7.11 Å². The summed E-state index contributed by atoms with van der Waals surface area (Å²) in [5.74, 6) is 0.694. The number of benzene rings is 3. The summed E-state index contributed by atoms with van der Waals surface area (Å²) in [6, 6.07) is 16.2. The molecule has 1 N–H and O–H groups in total. The van der Waals surface area contributed by atoms with E-state index in [1.807, 2.05) is 31.2 Å². The number of amides is 1. The monoisotopic (exact) mass is 470 g/mol. The number of hydrogen-bond acceptors (Lipinski definition) is 4. The number of carbonyl (C=O) groups is 1. The van der Waals surface area contributed by atoms with Gasteiger partial charge in [-0.25, -0.2) is 4.98 Å². The molecule has 0 bridgehead atoms. The quantitative estimate of drug-likeness (QED) is 0.370. The fraction of sp³-hybridized carbons (Fsp3) is 0.0909. The number of oxazole rings is 1. The van der Waals surface area contributed by atoms with Gasteiger partial charge in [-0.1, -0.05) is 33.6 Å². The number of nitrogens with one attached hydrogen (secondary N) is 1. The van der Waals surface area contributed by atoms with E-state index in [0.29, 0.717) is 39.0 Å². The molecule has 1 heterocycles. The van der Waals surface area contributed by atoms with Gasteiger partial charge in [-0.3, -0.25) is 4.79 Å². The minimum absolute atomic E-state index is 0.271. The van der Waals surface area contributed by atoms with E-state index < -0.39 is 0 Å². The fourth-order valence-corrected chi connectivity index (χ4v) is 3.59. The molecule has 0 aliphatic carbocycles. The lowest BCUT2D eigenvalue weighted by Crippen LogP contribution is -2.14. The standard InChI is InChI=1S/C22H16BrClN2O3/c1-12-15(22-26-18-11-14(24)7-9-20(18)29-22)4-3-5-17(12)25-21(27)16-10-13(23)6-8-19(16)28-2/h3-11H,1-2H3,(H,25,27). The molecule has 0 saturated heterocycles. The number of anilines is 1. The van der Waals surface area contributed by atoms with Crippen LogP contribution in [-0.2, 0) is 0 Å². The molecule has 4 rings (SSSR count). The van der Waals surface area contributed by atoms with E-state index in [4.69, 9.17) is 20.8 Å². The average Bonchev–Trinajstić information content (AvgIpc) is 3.12. The highest BCUT2D eigenvalue weighted by atomic mass is 79.9. The lowest BCUT2D eigenvalue weighted by Gasteiger charge is -2.13. The van der Waals surface area contributed by atoms with Gasteiger partial charge in [0.1, 0.15) is 11.3 Å². The number of ether oxygens (including phenoxy) is 1. The number of rotatable bonds is 4. The molecule has 0 aliphatic heterocycles. The van der Waals surface area contributed by atoms with Crippen molar-refractivity contribution in [3.63, 3.8) is 0 Å². The fourth-order valence-electron chi connectivity index (χ4n) is 3.07. The van der Waals surface area contributed by atoms with Crippen LogP contribution >= 0.6 is 27.5 Å². The SMILES string of the molecule is COc1ccc(Br)cc1C(=O)Nc1cccc(-c2nc3cc(Cl)ccc3o2)c1C. The number of nitrogens with zero attached hydrogens (tertiary/aromatic N) is 1. The lowest BCUT2D eigenvalue weighted by atomic mass is 10.1. The molecule has 0 radical (unpaired) electrons. The largest absolute Gasteiger partial charge is 0.496 e. The van der Waals surface area contributed by atoms with Crippen LogP contribution in [0, 0.1) is 6.92 Å². The van der Waals surface area contributed by atoms with Gasteiger partial charge >= 0.3 is 0 Å². The summed E-state index contributed by atoms with van der Waals surface area (Å²) in [6.07, 6.45) is 0. The third-order valence-corrected chi connectivity index (χ3v) is 5.30. The summed E-state index contributed by atoms with van der Waals surface area (Å²) in [5, 5.41) is 3.55. The van der Waals surface area contributed by atoms with Crippen LogP contribution in [-0.4, -0.2) is 18.0 Å². The van der Waals surface area contributed by atoms with Crippen molar-refractivity contribution in [1.29, 1.82) is 0 Å². The second kappa shape index (κ2) is 7.89. The van der Waals surface area contributed by atoms with Crippen molar-refractivity contribution in [2.75, 3.05) is 12.4 Å². The van der Waals surface area contributed by atoms with Crippen molar-refractivity contribution >= 4 is 50.2 Å². The first-order valence-corrected chi connectivity index (χ1v) is 9.94. The van der Waals surface area contributed by atoms with Gasteiger partial charge in [-0.15, -0.1) is 0 Å². The van der Waals surface area contributed by atoms with Crippen LogP contribution < -0.4 is 10.1 Å². The smallest absolute Gasteiger partial charge is 0.259 e. The van der Waals surface area contributed by atoms with Crippen LogP contribution in [0.15, 0.2) is 63.5 Å². The zero-order valence-electron chi connectivity index (χ0n) is 15.6. The Kier molecular flexibility index (Phi) is 5.30. The van der Waals surface area contributed by atoms with E-state index in [1.54, 1.807) is 30.3 Å². The predicted octanol–water partition coefficient (Wildman–Crippen LogP) is 6.48. The number of halogens is 2. The molecule has 0 aliphatic rings. The molecule has 29 heavy (non-hydrogen) atoms. The molecule has 0 atom stereocenters. The van der Waals surface area contributed by atoms with Gasteiger partial charge in [0.25, 0.3) is 5.91 Å². The third kappa shape index (κ3) is 3.86. The van der Waals surface area contributed by atoms with Gasteiger partial charge in [-0.05, 0) is 61.0 Å². The van der Waals surface area contributed by atoms with E-state index in [2.05, 4.69) is 26.2 Å². The van der Waals surface area contributed by atoms with Gasteiger partial charge < -0.3 is 14.5 Å². The Morgan fingerprint density at radius 2 is 2.00 bits per heavy atom. The van der Waals surface area contributed by atoms with Crippen LogP contribution in [0.3, 0.4) is 0 Å². The van der Waals surface area contributed by atoms with E-state index in [-0.39, 0.29) is 5.91 Å². The molecule has 1 amide bonds. The van der Waals surface area contributed by atoms with Crippen molar-refractivity contribution in [3.05, 3.63) is 75.2 Å². The Bertz CT molecular complexity index is 1240. The molecule has 0 fully saturated rings. The highest BCUT2D eigenvalue weighted by Crippen LogP contribution is 2.32. The minimum Gasteiger partial charge on any atom is -0.496 e. The first-order valence-electron chi connectivity index (χ1n) is 8.77. The van der Waals surface area contributed by atoms with Crippen molar-refractivity contribution in [2.45, 2.75) is 6.92 Å². The topological polar surface area (TPSA) is 64.4 Å². The van der Waals surface area contributed by atoms with Crippen LogP contribution in [0.4, 0.5) is 5.69 Å². The Morgan fingerprint density at radius 1 is 1.17 bits per heavy atom. The number of fused-ring (bicyclic) bond motifs is 1. The summed E-state index contributed by atoms with van der Waals surface area (Å²) in [4.78, 5) is 17.4. The molecule has 146 valence electrons. The molecule has 1 aromatic heterocycles. The lowest BCUT2D eigenvalue weighted by molar-refractivity contribution is 0.102. The Morgan fingerprint density at radius 3 is 2.79 bits per heavy atom. The molecule has 0 spiro atoms. The maximum absolute atomic E-state index is 12.9. The molecule has 5 nitrogen and oxygen atoms in total. The summed E-state index contributed by atoms with van der Waals surface area (Å²) in [6.45, 7) is 1.91. The van der Waals surface area contributed by atoms with Gasteiger partial charge in [-0.2, -0.15) is 0 Å². The maximum Gasteiger partial charge on any atom is 0.259 e. The Labute approximate surface area is 180 Å². The van der Waals surface area contributed by atoms with Gasteiger partial charge in [0.15, 0.2) is 5.58 Å².